The van der Waals surface area contributed by atoms with Gasteiger partial charge in [-0.05, 0) is 63.8 Å². The van der Waals surface area contributed by atoms with Gasteiger partial charge in [0.1, 0.15) is 0 Å². The van der Waals surface area contributed by atoms with Crippen molar-refractivity contribution < 1.29 is 8.78 Å². The van der Waals surface area contributed by atoms with E-state index < -0.39 is 11.6 Å². The number of likely N-dealkylation sites (tertiary alicyclic amines) is 1. The molecule has 0 bridgehead atoms. The molecule has 0 unspecified atom stereocenters. The molecule has 2 atom stereocenters. The molecule has 1 saturated heterocycles. The van der Waals surface area contributed by atoms with Crippen molar-refractivity contribution in [3.8, 4) is 0 Å². The average Bonchev–Trinajstić information content (AvgIpc) is 2.31. The van der Waals surface area contributed by atoms with Crippen LogP contribution in [0.1, 0.15) is 52.1 Å². The monoisotopic (exact) mass is 267 g/mol. The van der Waals surface area contributed by atoms with Crippen molar-refractivity contribution in [1.29, 1.82) is 0 Å². The molecule has 106 valence electrons. The van der Waals surface area contributed by atoms with E-state index in [9.17, 15) is 8.78 Å². The van der Waals surface area contributed by atoms with Crippen LogP contribution in [0, 0.1) is 17.6 Å². The van der Waals surface area contributed by atoms with E-state index in [2.05, 4.69) is 32.6 Å². The highest BCUT2D eigenvalue weighted by Gasteiger charge is 2.34. The van der Waals surface area contributed by atoms with Gasteiger partial charge in [0.15, 0.2) is 11.6 Å². The van der Waals surface area contributed by atoms with Gasteiger partial charge >= 0.3 is 0 Å². The second-order valence-corrected chi connectivity index (χ2v) is 6.68. The first-order valence-corrected chi connectivity index (χ1v) is 7.00. The summed E-state index contributed by atoms with van der Waals surface area (Å²) in [5.41, 5.74) is 0.927. The minimum atomic E-state index is -0.769. The lowest BCUT2D eigenvalue weighted by atomic mass is 9.85. The lowest BCUT2D eigenvalue weighted by Gasteiger charge is -2.46. The number of benzene rings is 1. The summed E-state index contributed by atoms with van der Waals surface area (Å²) in [6, 6.07) is 4.50. The van der Waals surface area contributed by atoms with Gasteiger partial charge in [0.05, 0.1) is 0 Å². The van der Waals surface area contributed by atoms with Gasteiger partial charge in [0, 0.05) is 11.6 Å². The summed E-state index contributed by atoms with van der Waals surface area (Å²) >= 11 is 0. The van der Waals surface area contributed by atoms with Crippen LogP contribution in [0.3, 0.4) is 0 Å². The Morgan fingerprint density at radius 3 is 2.42 bits per heavy atom. The van der Waals surface area contributed by atoms with Crippen LogP contribution in [-0.2, 0) is 0 Å². The molecule has 0 spiro atoms. The van der Waals surface area contributed by atoms with Crippen molar-refractivity contribution in [3.05, 3.63) is 35.4 Å². The van der Waals surface area contributed by atoms with E-state index in [-0.39, 0.29) is 11.6 Å². The zero-order chi connectivity index (χ0) is 14.2. The molecular weight excluding hydrogens is 244 g/mol. The molecule has 1 aromatic rings. The first kappa shape index (κ1) is 14.4. The SMILES string of the molecule is C[C@@H]1CCN(C(C)(C)C)[C@H](c2ccc(F)c(F)c2)C1. The third kappa shape index (κ3) is 3.14. The number of halogens is 2. The van der Waals surface area contributed by atoms with Crippen molar-refractivity contribution in [3.63, 3.8) is 0 Å². The molecule has 3 heteroatoms. The summed E-state index contributed by atoms with van der Waals surface area (Å²) < 4.78 is 26.5. The van der Waals surface area contributed by atoms with Gasteiger partial charge in [-0.15, -0.1) is 0 Å². The summed E-state index contributed by atoms with van der Waals surface area (Å²) in [5, 5.41) is 0. The molecule has 0 aromatic heterocycles. The number of nitrogens with zero attached hydrogens (tertiary/aromatic N) is 1. The van der Waals surface area contributed by atoms with E-state index in [0.717, 1.165) is 24.9 Å². The van der Waals surface area contributed by atoms with Crippen LogP contribution in [0.25, 0.3) is 0 Å². The van der Waals surface area contributed by atoms with Gasteiger partial charge in [0.25, 0.3) is 0 Å². The maximum atomic E-state index is 13.5. The summed E-state index contributed by atoms with van der Waals surface area (Å²) in [4.78, 5) is 2.40. The van der Waals surface area contributed by atoms with Crippen LogP contribution in [0.2, 0.25) is 0 Å². The van der Waals surface area contributed by atoms with E-state index in [0.29, 0.717) is 5.92 Å². The smallest absolute Gasteiger partial charge is 0.159 e. The molecule has 1 heterocycles. The summed E-state index contributed by atoms with van der Waals surface area (Å²) in [6.45, 7) is 9.77. The van der Waals surface area contributed by atoms with Crippen molar-refractivity contribution in [2.75, 3.05) is 6.54 Å². The molecule has 2 rings (SSSR count). The highest BCUT2D eigenvalue weighted by molar-refractivity contribution is 5.22. The Bertz CT molecular complexity index is 451. The molecule has 1 nitrogen and oxygen atoms in total. The molecule has 0 saturated carbocycles. The third-order valence-electron chi connectivity index (χ3n) is 4.05. The van der Waals surface area contributed by atoms with Crippen molar-refractivity contribution in [1.82, 2.24) is 4.90 Å². The zero-order valence-electron chi connectivity index (χ0n) is 12.2. The number of hydrogen-bond donors (Lipinski definition) is 0. The minimum absolute atomic E-state index is 0.0374. The molecule has 1 fully saturated rings. The second-order valence-electron chi connectivity index (χ2n) is 6.68. The van der Waals surface area contributed by atoms with Gasteiger partial charge in [-0.2, -0.15) is 0 Å². The highest BCUT2D eigenvalue weighted by Crippen LogP contribution is 2.38. The van der Waals surface area contributed by atoms with Crippen molar-refractivity contribution in [2.24, 2.45) is 5.92 Å². The molecule has 1 aromatic carbocycles. The zero-order valence-corrected chi connectivity index (χ0v) is 12.2. The van der Waals surface area contributed by atoms with E-state index in [1.807, 2.05) is 0 Å². The van der Waals surface area contributed by atoms with Crippen LogP contribution in [-0.4, -0.2) is 17.0 Å². The Morgan fingerprint density at radius 1 is 1.16 bits per heavy atom. The fraction of sp³-hybridized carbons (Fsp3) is 0.625. The topological polar surface area (TPSA) is 3.24 Å². The minimum Gasteiger partial charge on any atom is -0.291 e. The Kier molecular flexibility index (Phi) is 3.95. The quantitative estimate of drug-likeness (QED) is 0.722. The molecule has 1 aliphatic heterocycles. The standard InChI is InChI=1S/C16H23F2N/c1-11-7-8-19(16(2,3)4)15(9-11)12-5-6-13(17)14(18)10-12/h5-6,10-11,15H,7-9H2,1-4H3/t11-,15+/m1/s1. The first-order valence-electron chi connectivity index (χ1n) is 7.00. The predicted octanol–water partition coefficient (Wildman–Crippen LogP) is 4.54. The van der Waals surface area contributed by atoms with Gasteiger partial charge < -0.3 is 0 Å². The summed E-state index contributed by atoms with van der Waals surface area (Å²) in [5.74, 6) is -0.892. The molecule has 0 radical (unpaired) electrons. The van der Waals surface area contributed by atoms with Crippen LogP contribution in [0.5, 0.6) is 0 Å². The van der Waals surface area contributed by atoms with Crippen LogP contribution < -0.4 is 0 Å². The van der Waals surface area contributed by atoms with E-state index >= 15 is 0 Å². The Morgan fingerprint density at radius 2 is 1.84 bits per heavy atom. The third-order valence-corrected chi connectivity index (χ3v) is 4.05. The lowest BCUT2D eigenvalue weighted by Crippen LogP contribution is -2.47. The van der Waals surface area contributed by atoms with Crippen LogP contribution in [0.4, 0.5) is 8.78 Å². The van der Waals surface area contributed by atoms with Gasteiger partial charge in [-0.25, -0.2) is 8.78 Å². The second kappa shape index (κ2) is 5.20. The predicted molar refractivity (Wildman–Crippen MR) is 74.0 cm³/mol. The van der Waals surface area contributed by atoms with E-state index in [1.165, 1.54) is 12.1 Å². The Labute approximate surface area is 114 Å². The lowest BCUT2D eigenvalue weighted by molar-refractivity contribution is 0.0324. The summed E-state index contributed by atoms with van der Waals surface area (Å²) in [6.07, 6.45) is 2.17. The van der Waals surface area contributed by atoms with Gasteiger partial charge in [-0.3, -0.25) is 4.90 Å². The molecule has 0 aliphatic carbocycles. The molecule has 0 N–H and O–H groups in total. The average molecular weight is 267 g/mol. The molecule has 0 amide bonds. The molecular formula is C16H23F2N. The fourth-order valence-electron chi connectivity index (χ4n) is 2.98. The van der Waals surface area contributed by atoms with Crippen LogP contribution in [0.15, 0.2) is 18.2 Å². The van der Waals surface area contributed by atoms with E-state index in [4.69, 9.17) is 0 Å². The highest BCUT2D eigenvalue weighted by atomic mass is 19.2. The Balaban J connectivity index is 2.34. The summed E-state index contributed by atoms with van der Waals surface area (Å²) in [7, 11) is 0. The molecule has 1 aliphatic rings. The maximum absolute atomic E-state index is 13.5. The first-order chi connectivity index (χ1) is 8.79. The van der Waals surface area contributed by atoms with Crippen molar-refractivity contribution >= 4 is 0 Å². The number of piperidine rings is 1. The van der Waals surface area contributed by atoms with Crippen LogP contribution >= 0.6 is 0 Å². The largest absolute Gasteiger partial charge is 0.291 e. The normalized spacial score (nSPS) is 25.6. The van der Waals surface area contributed by atoms with Gasteiger partial charge in [0.2, 0.25) is 0 Å². The Hall–Kier alpha value is -0.960. The molecule has 19 heavy (non-hydrogen) atoms. The van der Waals surface area contributed by atoms with E-state index in [1.54, 1.807) is 6.07 Å². The number of rotatable bonds is 1. The van der Waals surface area contributed by atoms with Crippen molar-refractivity contribution in [2.45, 2.75) is 52.1 Å². The number of hydrogen-bond acceptors (Lipinski definition) is 1. The van der Waals surface area contributed by atoms with Gasteiger partial charge in [-0.1, -0.05) is 13.0 Å². The fourth-order valence-corrected chi connectivity index (χ4v) is 2.98. The maximum Gasteiger partial charge on any atom is 0.159 e.